The minimum absolute atomic E-state index is 0.190. The van der Waals surface area contributed by atoms with Crippen LogP contribution in [-0.2, 0) is 24.1 Å². The number of amidine groups is 1. The van der Waals surface area contributed by atoms with E-state index in [0.717, 1.165) is 24.8 Å². The number of hydrogen-bond acceptors (Lipinski definition) is 5. The van der Waals surface area contributed by atoms with Gasteiger partial charge in [-0.2, -0.15) is 4.91 Å². The van der Waals surface area contributed by atoms with Crippen LogP contribution in [0, 0.1) is 4.91 Å². The Kier molecular flexibility index (Phi) is 2.54. The third-order valence-electron chi connectivity index (χ3n) is 3.80. The Hall–Kier alpha value is -1.91. The van der Waals surface area contributed by atoms with Crippen molar-refractivity contribution in [3.63, 3.8) is 0 Å². The van der Waals surface area contributed by atoms with Gasteiger partial charge in [0.1, 0.15) is 18.7 Å². The Bertz CT molecular complexity index is 527. The maximum absolute atomic E-state index is 10.4. The highest BCUT2D eigenvalue weighted by molar-refractivity contribution is 5.74. The summed E-state index contributed by atoms with van der Waals surface area (Å²) in [4.78, 5) is 14.9. The second-order valence-electron chi connectivity index (χ2n) is 4.98. The molecule has 0 saturated carbocycles. The van der Waals surface area contributed by atoms with Crippen molar-refractivity contribution >= 4 is 6.02 Å². The van der Waals surface area contributed by atoms with Crippen LogP contribution in [0.5, 0.6) is 0 Å². The van der Waals surface area contributed by atoms with Gasteiger partial charge in [-0.25, -0.2) is 4.99 Å². The van der Waals surface area contributed by atoms with E-state index in [9.17, 15) is 4.91 Å². The molecule has 1 unspecified atom stereocenters. The molecule has 5 heteroatoms. The molecule has 0 amide bonds. The lowest BCUT2D eigenvalue weighted by Gasteiger charge is -2.31. The minimum Gasteiger partial charge on any atom is -0.463 e. The average molecular weight is 245 g/mol. The van der Waals surface area contributed by atoms with Crippen LogP contribution in [0.15, 0.2) is 28.4 Å². The first-order chi connectivity index (χ1) is 8.72. The zero-order chi connectivity index (χ0) is 12.6. The van der Waals surface area contributed by atoms with E-state index in [2.05, 4.69) is 16.2 Å². The van der Waals surface area contributed by atoms with Crippen molar-refractivity contribution in [2.75, 3.05) is 6.61 Å². The fourth-order valence-corrected chi connectivity index (χ4v) is 2.92. The SMILES string of the molecule is NC1=NC2(CCc3c(CN=O)cccc3C2)CO1. The van der Waals surface area contributed by atoms with Gasteiger partial charge in [0.25, 0.3) is 6.02 Å². The molecule has 1 spiro atoms. The second-order valence-corrected chi connectivity index (χ2v) is 4.98. The number of nitroso groups, excluding NO2 is 1. The summed E-state index contributed by atoms with van der Waals surface area (Å²) in [7, 11) is 0. The molecule has 3 rings (SSSR count). The smallest absolute Gasteiger partial charge is 0.282 e. The lowest BCUT2D eigenvalue weighted by Crippen LogP contribution is -2.35. The van der Waals surface area contributed by atoms with Crippen molar-refractivity contribution in [1.29, 1.82) is 0 Å². The Balaban J connectivity index is 1.94. The topological polar surface area (TPSA) is 77.0 Å². The van der Waals surface area contributed by atoms with E-state index in [4.69, 9.17) is 10.5 Å². The van der Waals surface area contributed by atoms with Gasteiger partial charge < -0.3 is 10.5 Å². The van der Waals surface area contributed by atoms with E-state index in [-0.39, 0.29) is 12.1 Å². The molecule has 2 N–H and O–H groups in total. The number of aliphatic imine (C=N–C) groups is 1. The molecule has 1 atom stereocenters. The molecular formula is C13H15N3O2. The van der Waals surface area contributed by atoms with Gasteiger partial charge in [-0.3, -0.25) is 0 Å². The van der Waals surface area contributed by atoms with Crippen LogP contribution in [0.3, 0.4) is 0 Å². The molecule has 94 valence electrons. The predicted molar refractivity (Wildman–Crippen MR) is 68.3 cm³/mol. The highest BCUT2D eigenvalue weighted by atomic mass is 16.5. The van der Waals surface area contributed by atoms with Gasteiger partial charge in [0.2, 0.25) is 0 Å². The number of nitrogens with two attached hydrogens (primary N) is 1. The first kappa shape index (κ1) is 11.2. The number of benzene rings is 1. The largest absolute Gasteiger partial charge is 0.463 e. The van der Waals surface area contributed by atoms with Crippen molar-refractivity contribution in [3.05, 3.63) is 39.8 Å². The normalized spacial score (nSPS) is 25.4. The van der Waals surface area contributed by atoms with Crippen molar-refractivity contribution in [3.8, 4) is 0 Å². The lowest BCUT2D eigenvalue weighted by atomic mass is 9.77. The molecule has 0 fully saturated rings. The van der Waals surface area contributed by atoms with Gasteiger partial charge in [-0.1, -0.05) is 23.4 Å². The molecule has 5 nitrogen and oxygen atoms in total. The second kappa shape index (κ2) is 4.08. The van der Waals surface area contributed by atoms with E-state index >= 15 is 0 Å². The molecular weight excluding hydrogens is 230 g/mol. The van der Waals surface area contributed by atoms with Crippen LogP contribution in [0.2, 0.25) is 0 Å². The van der Waals surface area contributed by atoms with E-state index in [1.54, 1.807) is 0 Å². The van der Waals surface area contributed by atoms with Crippen LogP contribution in [0.1, 0.15) is 23.1 Å². The molecule has 18 heavy (non-hydrogen) atoms. The summed E-state index contributed by atoms with van der Waals surface area (Å²) in [6, 6.07) is 6.33. The van der Waals surface area contributed by atoms with Crippen molar-refractivity contribution in [2.24, 2.45) is 15.9 Å². The summed E-state index contributed by atoms with van der Waals surface area (Å²) in [5, 5.41) is 2.99. The van der Waals surface area contributed by atoms with Gasteiger partial charge in [0.05, 0.1) is 0 Å². The highest BCUT2D eigenvalue weighted by Crippen LogP contribution is 2.35. The number of ether oxygens (including phenoxy) is 1. The van der Waals surface area contributed by atoms with E-state index in [1.165, 1.54) is 11.1 Å². The van der Waals surface area contributed by atoms with E-state index in [0.29, 0.717) is 12.6 Å². The van der Waals surface area contributed by atoms with Gasteiger partial charge >= 0.3 is 0 Å². The summed E-state index contributed by atoms with van der Waals surface area (Å²) in [5.74, 6) is 0. The fourth-order valence-electron chi connectivity index (χ4n) is 2.92. The number of fused-ring (bicyclic) bond motifs is 1. The predicted octanol–water partition coefficient (Wildman–Crippen LogP) is 1.53. The summed E-state index contributed by atoms with van der Waals surface area (Å²) in [5.41, 5.74) is 8.95. The van der Waals surface area contributed by atoms with Crippen molar-refractivity contribution in [2.45, 2.75) is 31.3 Å². The molecule has 1 heterocycles. The number of hydrogen-bond donors (Lipinski definition) is 1. The van der Waals surface area contributed by atoms with Gasteiger partial charge in [0.15, 0.2) is 0 Å². The quantitative estimate of drug-likeness (QED) is 0.802. The Labute approximate surface area is 105 Å². The van der Waals surface area contributed by atoms with E-state index < -0.39 is 0 Å². The van der Waals surface area contributed by atoms with Crippen LogP contribution >= 0.6 is 0 Å². The van der Waals surface area contributed by atoms with Crippen LogP contribution < -0.4 is 5.73 Å². The van der Waals surface area contributed by atoms with Crippen LogP contribution in [-0.4, -0.2) is 18.2 Å². The Morgan fingerprint density at radius 3 is 3.11 bits per heavy atom. The molecule has 1 aliphatic carbocycles. The summed E-state index contributed by atoms with van der Waals surface area (Å²) >= 11 is 0. The zero-order valence-electron chi connectivity index (χ0n) is 10.1. The molecule has 1 aromatic carbocycles. The number of nitrogens with zero attached hydrogens (tertiary/aromatic N) is 2. The molecule has 1 aromatic rings. The molecule has 0 saturated heterocycles. The summed E-state index contributed by atoms with van der Waals surface area (Å²) < 4.78 is 5.30. The lowest BCUT2D eigenvalue weighted by molar-refractivity contribution is 0.234. The molecule has 0 radical (unpaired) electrons. The van der Waals surface area contributed by atoms with Gasteiger partial charge in [-0.15, -0.1) is 0 Å². The zero-order valence-corrected chi connectivity index (χ0v) is 10.1. The standard InChI is InChI=1S/C13H15N3O2/c14-12-16-13(8-18-12)5-4-11-9(6-13)2-1-3-10(11)7-15-17/h1-3H,4-8H2,(H2,14,16). The van der Waals surface area contributed by atoms with Gasteiger partial charge in [0, 0.05) is 6.42 Å². The number of rotatable bonds is 2. The molecule has 2 aliphatic rings. The Morgan fingerprint density at radius 2 is 2.39 bits per heavy atom. The van der Waals surface area contributed by atoms with Crippen LogP contribution in [0.25, 0.3) is 0 Å². The molecule has 1 aliphatic heterocycles. The minimum atomic E-state index is -0.190. The van der Waals surface area contributed by atoms with Crippen molar-refractivity contribution in [1.82, 2.24) is 0 Å². The maximum Gasteiger partial charge on any atom is 0.282 e. The third-order valence-corrected chi connectivity index (χ3v) is 3.80. The van der Waals surface area contributed by atoms with Crippen LogP contribution in [0.4, 0.5) is 0 Å². The molecule has 0 bridgehead atoms. The summed E-state index contributed by atoms with van der Waals surface area (Å²) in [6.45, 7) is 0.812. The first-order valence-corrected chi connectivity index (χ1v) is 6.09. The first-order valence-electron chi connectivity index (χ1n) is 6.09. The van der Waals surface area contributed by atoms with E-state index in [1.807, 2.05) is 12.1 Å². The third kappa shape index (κ3) is 1.75. The highest BCUT2D eigenvalue weighted by Gasteiger charge is 2.39. The summed E-state index contributed by atoms with van der Waals surface area (Å²) in [6.07, 6.45) is 2.65. The van der Waals surface area contributed by atoms with Gasteiger partial charge in [-0.05, 0) is 29.5 Å². The Morgan fingerprint density at radius 1 is 1.50 bits per heavy atom. The molecule has 0 aromatic heterocycles. The maximum atomic E-state index is 10.4. The fraction of sp³-hybridized carbons (Fsp3) is 0.462. The monoisotopic (exact) mass is 245 g/mol. The van der Waals surface area contributed by atoms with Crippen molar-refractivity contribution < 1.29 is 4.74 Å². The average Bonchev–Trinajstić information content (AvgIpc) is 2.71.